The first-order chi connectivity index (χ1) is 11.7. The van der Waals surface area contributed by atoms with Gasteiger partial charge < -0.3 is 14.6 Å². The Kier molecular flexibility index (Phi) is 4.39. The quantitative estimate of drug-likeness (QED) is 0.622. The van der Waals surface area contributed by atoms with Crippen LogP contribution in [0.1, 0.15) is 28.4 Å². The molecule has 24 heavy (non-hydrogen) atoms. The highest BCUT2D eigenvalue weighted by Crippen LogP contribution is 2.42. The van der Waals surface area contributed by atoms with Gasteiger partial charge >= 0.3 is 0 Å². The summed E-state index contributed by atoms with van der Waals surface area (Å²) in [6.45, 7) is 0.627. The largest absolute Gasteiger partial charge is 0.467 e. The number of nitrogens with one attached hydrogen (secondary N) is 1. The van der Waals surface area contributed by atoms with Crippen molar-refractivity contribution in [1.29, 1.82) is 0 Å². The smallest absolute Gasteiger partial charge is 0.170 e. The fraction of sp³-hybridized carbons (Fsp3) is 0.176. The summed E-state index contributed by atoms with van der Waals surface area (Å²) in [5, 5.41) is 4.15. The lowest BCUT2D eigenvalue weighted by Gasteiger charge is -2.26. The summed E-state index contributed by atoms with van der Waals surface area (Å²) in [6, 6.07) is 14.1. The first-order valence-electron chi connectivity index (χ1n) is 7.48. The first-order valence-corrected chi connectivity index (χ1v) is 9.50. The molecule has 1 fully saturated rings. The van der Waals surface area contributed by atoms with Gasteiger partial charge in [0.25, 0.3) is 0 Å². The third kappa shape index (κ3) is 2.99. The zero-order valence-electron chi connectivity index (χ0n) is 12.6. The number of thiocarbonyl (C=S) groups is 1. The standard InChI is InChI=1S/C17H14BrN3OS2/c18-14-7-6-13(24-14)16-15(12-5-1-2-8-19-12)20-17(23)21(16)10-11-4-3-9-22-11/h1-9,15-16H,10H2,(H,20,23)/t15-,16-/m1/s1. The van der Waals surface area contributed by atoms with Gasteiger partial charge in [0.1, 0.15) is 5.76 Å². The number of thiophene rings is 1. The molecule has 2 atom stereocenters. The Morgan fingerprint density at radius 3 is 2.83 bits per heavy atom. The van der Waals surface area contributed by atoms with Gasteiger partial charge in [0.15, 0.2) is 5.11 Å². The Labute approximate surface area is 157 Å². The highest BCUT2D eigenvalue weighted by Gasteiger charge is 2.40. The topological polar surface area (TPSA) is 41.3 Å². The number of hydrogen-bond acceptors (Lipinski definition) is 4. The molecular formula is C17H14BrN3OS2. The molecule has 0 saturated carbocycles. The maximum absolute atomic E-state index is 5.61. The molecule has 0 unspecified atom stereocenters. The second-order valence-electron chi connectivity index (χ2n) is 5.48. The monoisotopic (exact) mass is 419 g/mol. The molecule has 0 amide bonds. The molecule has 0 aromatic carbocycles. The normalized spacial score (nSPS) is 20.4. The lowest BCUT2D eigenvalue weighted by Crippen LogP contribution is -2.28. The number of rotatable bonds is 4. The van der Waals surface area contributed by atoms with Crippen LogP contribution in [0.3, 0.4) is 0 Å². The average molecular weight is 420 g/mol. The van der Waals surface area contributed by atoms with Crippen molar-refractivity contribution in [2.24, 2.45) is 0 Å². The van der Waals surface area contributed by atoms with Crippen LogP contribution in [0.15, 0.2) is 63.1 Å². The molecule has 3 aromatic heterocycles. The van der Waals surface area contributed by atoms with Crippen LogP contribution < -0.4 is 5.32 Å². The molecule has 1 N–H and O–H groups in total. The summed E-state index contributed by atoms with van der Waals surface area (Å²) in [4.78, 5) is 7.94. The molecule has 4 rings (SSSR count). The zero-order chi connectivity index (χ0) is 16.5. The van der Waals surface area contributed by atoms with Crippen molar-refractivity contribution in [3.8, 4) is 0 Å². The van der Waals surface area contributed by atoms with E-state index in [1.807, 2.05) is 36.5 Å². The highest BCUT2D eigenvalue weighted by atomic mass is 79.9. The molecule has 3 aromatic rings. The highest BCUT2D eigenvalue weighted by molar-refractivity contribution is 9.11. The number of furan rings is 1. The van der Waals surface area contributed by atoms with Crippen LogP contribution in [-0.4, -0.2) is 15.0 Å². The van der Waals surface area contributed by atoms with E-state index in [1.54, 1.807) is 17.6 Å². The van der Waals surface area contributed by atoms with Gasteiger partial charge in [-0.05, 0) is 64.5 Å². The number of halogens is 1. The number of pyridine rings is 1. The van der Waals surface area contributed by atoms with Gasteiger partial charge in [-0.1, -0.05) is 6.07 Å². The number of aromatic nitrogens is 1. The second-order valence-corrected chi connectivity index (χ2v) is 8.36. The van der Waals surface area contributed by atoms with Gasteiger partial charge in [0, 0.05) is 11.1 Å². The van der Waals surface area contributed by atoms with Crippen molar-refractivity contribution in [1.82, 2.24) is 15.2 Å². The van der Waals surface area contributed by atoms with Gasteiger partial charge in [-0.2, -0.15) is 0 Å². The first kappa shape index (κ1) is 15.8. The summed E-state index contributed by atoms with van der Waals surface area (Å²) in [5.41, 5.74) is 0.983. The summed E-state index contributed by atoms with van der Waals surface area (Å²) < 4.78 is 6.63. The summed E-state index contributed by atoms with van der Waals surface area (Å²) in [7, 11) is 0. The molecule has 1 aliphatic rings. The predicted molar refractivity (Wildman–Crippen MR) is 102 cm³/mol. The Morgan fingerprint density at radius 2 is 2.17 bits per heavy atom. The van der Waals surface area contributed by atoms with Crippen molar-refractivity contribution < 1.29 is 4.42 Å². The molecule has 0 radical (unpaired) electrons. The van der Waals surface area contributed by atoms with E-state index in [0.29, 0.717) is 6.54 Å². The van der Waals surface area contributed by atoms with E-state index in [9.17, 15) is 0 Å². The molecule has 1 aliphatic heterocycles. The van der Waals surface area contributed by atoms with E-state index >= 15 is 0 Å². The molecule has 1 saturated heterocycles. The van der Waals surface area contributed by atoms with Gasteiger partial charge in [-0.25, -0.2) is 0 Å². The molecule has 0 spiro atoms. The Hall–Kier alpha value is -1.70. The van der Waals surface area contributed by atoms with Crippen LogP contribution in [0.2, 0.25) is 0 Å². The van der Waals surface area contributed by atoms with Crippen LogP contribution in [0, 0.1) is 0 Å². The molecule has 7 heteroatoms. The average Bonchev–Trinajstić information content (AvgIpc) is 3.31. The van der Waals surface area contributed by atoms with E-state index in [1.165, 1.54) is 4.88 Å². The predicted octanol–water partition coefficient (Wildman–Crippen LogP) is 4.67. The van der Waals surface area contributed by atoms with E-state index in [2.05, 4.69) is 43.3 Å². The van der Waals surface area contributed by atoms with Crippen molar-refractivity contribution in [3.05, 3.63) is 75.0 Å². The van der Waals surface area contributed by atoms with Gasteiger partial charge in [0.05, 0.1) is 34.4 Å². The fourth-order valence-corrected chi connectivity index (χ4v) is 4.82. The third-order valence-corrected chi connectivity index (χ3v) is 6.04. The van der Waals surface area contributed by atoms with Gasteiger partial charge in [0.2, 0.25) is 0 Å². The third-order valence-electron chi connectivity index (χ3n) is 3.99. The van der Waals surface area contributed by atoms with Crippen LogP contribution in [0.5, 0.6) is 0 Å². The van der Waals surface area contributed by atoms with Crippen molar-refractivity contribution in [2.75, 3.05) is 0 Å². The van der Waals surface area contributed by atoms with E-state index in [-0.39, 0.29) is 12.1 Å². The summed E-state index contributed by atoms with van der Waals surface area (Å²) in [6.07, 6.45) is 3.51. The van der Waals surface area contributed by atoms with Crippen LogP contribution in [0.25, 0.3) is 0 Å². The molecule has 0 aliphatic carbocycles. The lowest BCUT2D eigenvalue weighted by atomic mass is 10.0. The Morgan fingerprint density at radius 1 is 1.25 bits per heavy atom. The van der Waals surface area contributed by atoms with Crippen LogP contribution in [0.4, 0.5) is 0 Å². The Bertz CT molecular complexity index is 835. The molecule has 0 bridgehead atoms. The Balaban J connectivity index is 1.73. The van der Waals surface area contributed by atoms with Gasteiger partial charge in [-0.3, -0.25) is 4.98 Å². The minimum atomic E-state index is 0.0132. The second kappa shape index (κ2) is 6.66. The van der Waals surface area contributed by atoms with Crippen molar-refractivity contribution in [3.63, 3.8) is 0 Å². The van der Waals surface area contributed by atoms with E-state index < -0.39 is 0 Å². The SMILES string of the molecule is S=C1N[C@H](c2ccccn2)[C@@H](c2ccc(Br)s2)N1Cc1ccco1. The van der Waals surface area contributed by atoms with E-state index in [4.69, 9.17) is 16.6 Å². The minimum Gasteiger partial charge on any atom is -0.467 e. The molecular weight excluding hydrogens is 406 g/mol. The summed E-state index contributed by atoms with van der Waals surface area (Å²) in [5.74, 6) is 0.890. The lowest BCUT2D eigenvalue weighted by molar-refractivity contribution is 0.291. The zero-order valence-corrected chi connectivity index (χ0v) is 15.8. The van der Waals surface area contributed by atoms with Crippen molar-refractivity contribution in [2.45, 2.75) is 18.6 Å². The maximum Gasteiger partial charge on any atom is 0.170 e. The minimum absolute atomic E-state index is 0.0132. The van der Waals surface area contributed by atoms with Gasteiger partial charge in [-0.15, -0.1) is 11.3 Å². The summed E-state index contributed by atoms with van der Waals surface area (Å²) >= 11 is 10.9. The molecule has 4 nitrogen and oxygen atoms in total. The molecule has 122 valence electrons. The molecule has 4 heterocycles. The van der Waals surface area contributed by atoms with Crippen molar-refractivity contribution >= 4 is 44.6 Å². The number of hydrogen-bond donors (Lipinski definition) is 1. The van der Waals surface area contributed by atoms with E-state index in [0.717, 1.165) is 20.4 Å². The maximum atomic E-state index is 5.61. The number of nitrogens with zero attached hydrogens (tertiary/aromatic N) is 2. The fourth-order valence-electron chi connectivity index (χ4n) is 2.94. The van der Waals surface area contributed by atoms with Crippen LogP contribution >= 0.6 is 39.5 Å². The van der Waals surface area contributed by atoms with Crippen LogP contribution in [-0.2, 0) is 6.54 Å².